The van der Waals surface area contributed by atoms with Crippen molar-refractivity contribution in [2.24, 2.45) is 11.8 Å². The van der Waals surface area contributed by atoms with Crippen LogP contribution in [0.1, 0.15) is 39.0 Å². The molecule has 1 saturated carbocycles. The minimum atomic E-state index is -0.768. The van der Waals surface area contributed by atoms with Crippen LogP contribution >= 0.6 is 0 Å². The molecule has 3 nitrogen and oxygen atoms in total. The highest BCUT2D eigenvalue weighted by atomic mass is 16.3. The molecular formula is C13H24O3. The molecule has 1 aliphatic carbocycles. The molecule has 16 heavy (non-hydrogen) atoms. The van der Waals surface area contributed by atoms with Gasteiger partial charge >= 0.3 is 0 Å². The Morgan fingerprint density at radius 1 is 1.25 bits per heavy atom. The quantitative estimate of drug-likeness (QED) is 0.603. The second-order valence-electron chi connectivity index (χ2n) is 4.93. The van der Waals surface area contributed by atoms with Gasteiger partial charge in [0.05, 0.1) is 18.8 Å². The molecule has 0 aromatic rings. The molecule has 2 unspecified atom stereocenters. The maximum atomic E-state index is 10.1. The van der Waals surface area contributed by atoms with E-state index < -0.39 is 6.10 Å². The maximum Gasteiger partial charge on any atom is 0.0951 e. The lowest BCUT2D eigenvalue weighted by atomic mass is 9.89. The summed E-state index contributed by atoms with van der Waals surface area (Å²) in [4.78, 5) is 0. The van der Waals surface area contributed by atoms with Crippen LogP contribution in [-0.4, -0.2) is 34.1 Å². The largest absolute Gasteiger partial charge is 0.393 e. The van der Waals surface area contributed by atoms with Gasteiger partial charge in [0.15, 0.2) is 0 Å². The van der Waals surface area contributed by atoms with Gasteiger partial charge in [-0.15, -0.1) is 0 Å². The van der Waals surface area contributed by atoms with E-state index in [-0.39, 0.29) is 18.6 Å². The number of aliphatic hydroxyl groups is 3. The van der Waals surface area contributed by atoms with Crippen LogP contribution in [0.25, 0.3) is 0 Å². The maximum absolute atomic E-state index is 10.1. The molecule has 3 atom stereocenters. The van der Waals surface area contributed by atoms with Crippen LogP contribution in [0.4, 0.5) is 0 Å². The zero-order valence-electron chi connectivity index (χ0n) is 10.0. The number of rotatable bonds is 6. The third-order valence-corrected chi connectivity index (χ3v) is 3.52. The molecule has 0 aliphatic heterocycles. The van der Waals surface area contributed by atoms with E-state index in [9.17, 15) is 5.11 Å². The van der Waals surface area contributed by atoms with E-state index in [0.29, 0.717) is 5.92 Å². The lowest BCUT2D eigenvalue weighted by Gasteiger charge is -2.23. The van der Waals surface area contributed by atoms with Crippen molar-refractivity contribution in [3.05, 3.63) is 12.2 Å². The summed E-state index contributed by atoms with van der Waals surface area (Å²) in [6.07, 6.45) is 7.99. The van der Waals surface area contributed by atoms with E-state index in [0.717, 1.165) is 19.3 Å². The van der Waals surface area contributed by atoms with Gasteiger partial charge in [0.25, 0.3) is 0 Å². The molecule has 1 rings (SSSR count). The van der Waals surface area contributed by atoms with Crippen LogP contribution in [0.3, 0.4) is 0 Å². The summed E-state index contributed by atoms with van der Waals surface area (Å²) >= 11 is 0. The Morgan fingerprint density at radius 2 is 1.88 bits per heavy atom. The second kappa shape index (κ2) is 7.05. The Bertz CT molecular complexity index is 209. The lowest BCUT2D eigenvalue weighted by molar-refractivity contribution is 0.0609. The van der Waals surface area contributed by atoms with E-state index in [4.69, 9.17) is 10.2 Å². The topological polar surface area (TPSA) is 60.7 Å². The molecule has 0 radical (unpaired) electrons. The van der Waals surface area contributed by atoms with Gasteiger partial charge in [0.2, 0.25) is 0 Å². The molecular weight excluding hydrogens is 204 g/mol. The summed E-state index contributed by atoms with van der Waals surface area (Å²) in [6, 6.07) is 0. The molecule has 0 saturated heterocycles. The number of aliphatic hydroxyl groups excluding tert-OH is 3. The minimum absolute atomic E-state index is 0.224. The summed E-state index contributed by atoms with van der Waals surface area (Å²) in [5.41, 5.74) is 0. The van der Waals surface area contributed by atoms with Crippen LogP contribution < -0.4 is 0 Å². The summed E-state index contributed by atoms with van der Waals surface area (Å²) in [5, 5.41) is 27.8. The molecule has 0 aromatic heterocycles. The van der Waals surface area contributed by atoms with E-state index in [1.165, 1.54) is 12.8 Å². The van der Waals surface area contributed by atoms with Gasteiger partial charge in [0, 0.05) is 0 Å². The van der Waals surface area contributed by atoms with E-state index in [2.05, 4.69) is 0 Å². The fourth-order valence-electron chi connectivity index (χ4n) is 2.41. The summed E-state index contributed by atoms with van der Waals surface area (Å²) < 4.78 is 0. The molecule has 0 amide bonds. The molecule has 0 aromatic carbocycles. The summed E-state index contributed by atoms with van der Waals surface area (Å²) in [6.45, 7) is 1.80. The summed E-state index contributed by atoms with van der Waals surface area (Å²) in [7, 11) is 0. The molecule has 94 valence electrons. The zero-order chi connectivity index (χ0) is 12.0. The first-order chi connectivity index (χ1) is 7.65. The SMILES string of the molecule is CC(C/C=C\[C@@H](O)CO)C(O)C1CCCC1. The Labute approximate surface area is 97.8 Å². The molecule has 1 aliphatic rings. The van der Waals surface area contributed by atoms with E-state index in [1.807, 2.05) is 13.0 Å². The average molecular weight is 228 g/mol. The van der Waals surface area contributed by atoms with Crippen molar-refractivity contribution in [2.75, 3.05) is 6.61 Å². The Hall–Kier alpha value is -0.380. The molecule has 3 heteroatoms. The first-order valence-electron chi connectivity index (χ1n) is 6.28. The van der Waals surface area contributed by atoms with Crippen LogP contribution in [0.5, 0.6) is 0 Å². The number of hydrogen-bond acceptors (Lipinski definition) is 3. The van der Waals surface area contributed by atoms with Gasteiger partial charge in [-0.3, -0.25) is 0 Å². The predicted molar refractivity (Wildman–Crippen MR) is 64.0 cm³/mol. The van der Waals surface area contributed by atoms with Crippen molar-refractivity contribution in [3.63, 3.8) is 0 Å². The Kier molecular flexibility index (Phi) is 6.03. The smallest absolute Gasteiger partial charge is 0.0951 e. The lowest BCUT2D eigenvalue weighted by Crippen LogP contribution is -2.25. The van der Waals surface area contributed by atoms with Crippen LogP contribution in [0.2, 0.25) is 0 Å². The average Bonchev–Trinajstić information content (AvgIpc) is 2.81. The van der Waals surface area contributed by atoms with Gasteiger partial charge in [-0.1, -0.05) is 31.9 Å². The van der Waals surface area contributed by atoms with Crippen LogP contribution in [0, 0.1) is 11.8 Å². The second-order valence-corrected chi connectivity index (χ2v) is 4.93. The van der Waals surface area contributed by atoms with Crippen molar-refractivity contribution >= 4 is 0 Å². The highest BCUT2D eigenvalue weighted by Gasteiger charge is 2.26. The molecule has 3 N–H and O–H groups in total. The van der Waals surface area contributed by atoms with Gasteiger partial charge in [-0.25, -0.2) is 0 Å². The number of hydrogen-bond donors (Lipinski definition) is 3. The number of allylic oxidation sites excluding steroid dienone is 1. The highest BCUT2D eigenvalue weighted by Crippen LogP contribution is 2.31. The first-order valence-corrected chi connectivity index (χ1v) is 6.28. The fourth-order valence-corrected chi connectivity index (χ4v) is 2.41. The van der Waals surface area contributed by atoms with Crippen molar-refractivity contribution in [1.82, 2.24) is 0 Å². The molecule has 0 spiro atoms. The fraction of sp³-hybridized carbons (Fsp3) is 0.846. The molecule has 0 heterocycles. The standard InChI is InChI=1S/C13H24O3/c1-10(5-4-8-12(15)9-14)13(16)11-6-2-3-7-11/h4,8,10-16H,2-3,5-7,9H2,1H3/b8-4-/t10?,12-,13?/m1/s1. The van der Waals surface area contributed by atoms with Gasteiger partial charge in [0.1, 0.15) is 0 Å². The summed E-state index contributed by atoms with van der Waals surface area (Å²) in [5.74, 6) is 0.691. The van der Waals surface area contributed by atoms with E-state index >= 15 is 0 Å². The van der Waals surface area contributed by atoms with Gasteiger partial charge in [-0.05, 0) is 31.1 Å². The van der Waals surface area contributed by atoms with Crippen molar-refractivity contribution < 1.29 is 15.3 Å². The van der Waals surface area contributed by atoms with Crippen LogP contribution in [-0.2, 0) is 0 Å². The van der Waals surface area contributed by atoms with Gasteiger partial charge < -0.3 is 15.3 Å². The van der Waals surface area contributed by atoms with Gasteiger partial charge in [-0.2, -0.15) is 0 Å². The van der Waals surface area contributed by atoms with Crippen molar-refractivity contribution in [1.29, 1.82) is 0 Å². The van der Waals surface area contributed by atoms with E-state index in [1.54, 1.807) is 6.08 Å². The molecule has 0 bridgehead atoms. The highest BCUT2D eigenvalue weighted by molar-refractivity contribution is 4.91. The first kappa shape index (κ1) is 13.7. The van der Waals surface area contributed by atoms with Crippen LogP contribution in [0.15, 0.2) is 12.2 Å². The normalized spacial score (nSPS) is 23.8. The third-order valence-electron chi connectivity index (χ3n) is 3.52. The monoisotopic (exact) mass is 228 g/mol. The predicted octanol–water partition coefficient (Wildman–Crippen LogP) is 1.47. The van der Waals surface area contributed by atoms with Crippen molar-refractivity contribution in [3.8, 4) is 0 Å². The Morgan fingerprint density at radius 3 is 2.44 bits per heavy atom. The Balaban J connectivity index is 2.27. The third kappa shape index (κ3) is 4.24. The molecule has 1 fully saturated rings. The minimum Gasteiger partial charge on any atom is -0.393 e. The zero-order valence-corrected chi connectivity index (χ0v) is 10.0. The van der Waals surface area contributed by atoms with Crippen molar-refractivity contribution in [2.45, 2.75) is 51.2 Å².